The Labute approximate surface area is 149 Å². The number of aromatic nitrogens is 1. The molecule has 134 valence electrons. The first-order valence-electron chi connectivity index (χ1n) is 9.46. The molecule has 1 fully saturated rings. The van der Waals surface area contributed by atoms with Crippen molar-refractivity contribution in [2.75, 3.05) is 19.6 Å². The average Bonchev–Trinajstić information content (AvgIpc) is 3.32. The van der Waals surface area contributed by atoms with Crippen molar-refractivity contribution in [2.24, 2.45) is 5.92 Å². The van der Waals surface area contributed by atoms with Crippen LogP contribution in [0.4, 0.5) is 0 Å². The molecule has 2 aromatic rings. The monoisotopic (exact) mass is 341 g/mol. The molecule has 0 bridgehead atoms. The lowest BCUT2D eigenvalue weighted by Crippen LogP contribution is -2.47. The van der Waals surface area contributed by atoms with E-state index in [1.807, 2.05) is 12.1 Å². The third-order valence-corrected chi connectivity index (χ3v) is 5.73. The molecular formula is C20H27N3O2. The Bertz CT molecular complexity index is 698. The van der Waals surface area contributed by atoms with Crippen LogP contribution in [-0.2, 0) is 17.9 Å². The third kappa shape index (κ3) is 3.25. The number of furan rings is 1. The summed E-state index contributed by atoms with van der Waals surface area (Å²) in [5.41, 5.74) is 1.29. The average molecular weight is 341 g/mol. The van der Waals surface area contributed by atoms with Crippen molar-refractivity contribution in [2.45, 2.75) is 45.3 Å². The number of carbonyl (C=O) groups is 1. The first-order chi connectivity index (χ1) is 12.3. The fourth-order valence-electron chi connectivity index (χ4n) is 4.35. The molecule has 5 nitrogen and oxygen atoms in total. The van der Waals surface area contributed by atoms with Crippen LogP contribution in [0.2, 0.25) is 0 Å². The van der Waals surface area contributed by atoms with Crippen LogP contribution in [0.1, 0.15) is 43.7 Å². The zero-order valence-electron chi connectivity index (χ0n) is 14.9. The van der Waals surface area contributed by atoms with Crippen LogP contribution < -0.4 is 0 Å². The van der Waals surface area contributed by atoms with Crippen LogP contribution in [-0.4, -0.2) is 39.9 Å². The molecule has 0 N–H and O–H groups in total. The number of hydrogen-bond acceptors (Lipinski definition) is 3. The molecule has 1 unspecified atom stereocenters. The maximum Gasteiger partial charge on any atom is 0.226 e. The highest BCUT2D eigenvalue weighted by Crippen LogP contribution is 2.32. The largest absolute Gasteiger partial charge is 0.468 e. The summed E-state index contributed by atoms with van der Waals surface area (Å²) in [6.07, 6.45) is 6.74. The van der Waals surface area contributed by atoms with Crippen molar-refractivity contribution in [3.05, 3.63) is 48.2 Å². The van der Waals surface area contributed by atoms with Crippen LogP contribution in [0.5, 0.6) is 0 Å². The number of likely N-dealkylation sites (tertiary alicyclic amines) is 1. The highest BCUT2D eigenvalue weighted by Gasteiger charge is 2.34. The predicted octanol–water partition coefficient (Wildman–Crippen LogP) is 3.29. The molecule has 0 aromatic carbocycles. The zero-order valence-corrected chi connectivity index (χ0v) is 14.9. The fraction of sp³-hybridized carbons (Fsp3) is 0.550. The second-order valence-electron chi connectivity index (χ2n) is 7.21. The highest BCUT2D eigenvalue weighted by atomic mass is 16.3. The Kier molecular flexibility index (Phi) is 4.66. The number of fused-ring (bicyclic) bond motifs is 1. The van der Waals surface area contributed by atoms with E-state index >= 15 is 0 Å². The summed E-state index contributed by atoms with van der Waals surface area (Å²) in [6, 6.07) is 8.45. The van der Waals surface area contributed by atoms with Crippen LogP contribution in [0.3, 0.4) is 0 Å². The Morgan fingerprint density at radius 2 is 2.00 bits per heavy atom. The Morgan fingerprint density at radius 3 is 2.72 bits per heavy atom. The molecule has 2 aromatic heterocycles. The van der Waals surface area contributed by atoms with Crippen molar-refractivity contribution in [1.82, 2.24) is 14.4 Å². The molecule has 0 radical (unpaired) electrons. The lowest BCUT2D eigenvalue weighted by molar-refractivity contribution is -0.141. The van der Waals surface area contributed by atoms with Crippen molar-refractivity contribution in [3.63, 3.8) is 0 Å². The van der Waals surface area contributed by atoms with Crippen molar-refractivity contribution < 1.29 is 9.21 Å². The van der Waals surface area contributed by atoms with Gasteiger partial charge in [0.15, 0.2) is 0 Å². The molecule has 0 spiro atoms. The van der Waals surface area contributed by atoms with Crippen LogP contribution in [0.15, 0.2) is 41.1 Å². The van der Waals surface area contributed by atoms with E-state index in [2.05, 4.69) is 39.6 Å². The van der Waals surface area contributed by atoms with E-state index < -0.39 is 0 Å². The number of nitrogens with zero attached hydrogens (tertiary/aromatic N) is 3. The smallest absolute Gasteiger partial charge is 0.226 e. The van der Waals surface area contributed by atoms with E-state index in [4.69, 9.17) is 4.42 Å². The topological polar surface area (TPSA) is 41.6 Å². The lowest BCUT2D eigenvalue weighted by atomic mass is 9.93. The summed E-state index contributed by atoms with van der Waals surface area (Å²) in [4.78, 5) is 17.7. The summed E-state index contributed by atoms with van der Waals surface area (Å²) in [6.45, 7) is 6.73. The van der Waals surface area contributed by atoms with E-state index in [1.54, 1.807) is 6.26 Å². The van der Waals surface area contributed by atoms with Gasteiger partial charge in [-0.3, -0.25) is 9.69 Å². The van der Waals surface area contributed by atoms with Gasteiger partial charge in [0.1, 0.15) is 5.76 Å². The summed E-state index contributed by atoms with van der Waals surface area (Å²) < 4.78 is 7.74. The first-order valence-corrected chi connectivity index (χ1v) is 9.46. The van der Waals surface area contributed by atoms with Gasteiger partial charge in [0, 0.05) is 30.9 Å². The van der Waals surface area contributed by atoms with Crippen molar-refractivity contribution in [1.29, 1.82) is 0 Å². The van der Waals surface area contributed by atoms with Gasteiger partial charge in [-0.1, -0.05) is 6.92 Å². The van der Waals surface area contributed by atoms with Gasteiger partial charge in [-0.2, -0.15) is 0 Å². The molecule has 1 amide bonds. The maximum absolute atomic E-state index is 13.2. The van der Waals surface area contributed by atoms with E-state index in [9.17, 15) is 4.79 Å². The van der Waals surface area contributed by atoms with Crippen LogP contribution in [0.25, 0.3) is 0 Å². The van der Waals surface area contributed by atoms with Crippen molar-refractivity contribution >= 4 is 5.91 Å². The molecule has 0 saturated carbocycles. The third-order valence-electron chi connectivity index (χ3n) is 5.73. The van der Waals surface area contributed by atoms with Gasteiger partial charge in [0.2, 0.25) is 5.91 Å². The summed E-state index contributed by atoms with van der Waals surface area (Å²) in [5, 5.41) is 0. The predicted molar refractivity (Wildman–Crippen MR) is 95.9 cm³/mol. The van der Waals surface area contributed by atoms with Gasteiger partial charge in [0.05, 0.1) is 18.8 Å². The van der Waals surface area contributed by atoms with Gasteiger partial charge < -0.3 is 13.9 Å². The van der Waals surface area contributed by atoms with Gasteiger partial charge in [-0.15, -0.1) is 0 Å². The minimum atomic E-state index is 0.170. The van der Waals surface area contributed by atoms with E-state index in [1.165, 1.54) is 5.69 Å². The summed E-state index contributed by atoms with van der Waals surface area (Å²) in [7, 11) is 0. The standard InChI is InChI=1S/C20H27N3O2/c1-2-18-19-6-3-9-22(19)12-13-23(18)20(24)16-7-10-21(11-8-16)15-17-5-4-14-25-17/h3-6,9,14,16,18H,2,7-8,10-13,15H2,1H3. The van der Waals surface area contributed by atoms with Crippen LogP contribution in [0, 0.1) is 5.92 Å². The Hall–Kier alpha value is -2.01. The molecule has 5 heteroatoms. The maximum atomic E-state index is 13.2. The van der Waals surface area contributed by atoms with Crippen LogP contribution >= 0.6 is 0 Å². The molecule has 1 atom stereocenters. The molecule has 1 saturated heterocycles. The quantitative estimate of drug-likeness (QED) is 0.857. The lowest BCUT2D eigenvalue weighted by Gasteiger charge is -2.40. The Balaban J connectivity index is 1.37. The van der Waals surface area contributed by atoms with Gasteiger partial charge in [-0.05, 0) is 56.6 Å². The van der Waals surface area contributed by atoms with Crippen molar-refractivity contribution in [3.8, 4) is 0 Å². The minimum absolute atomic E-state index is 0.170. The fourth-order valence-corrected chi connectivity index (χ4v) is 4.35. The highest BCUT2D eigenvalue weighted by molar-refractivity contribution is 5.79. The molecule has 2 aliphatic rings. The SMILES string of the molecule is CCC1c2cccn2CCN1C(=O)C1CCN(Cc2ccco2)CC1. The van der Waals surface area contributed by atoms with Gasteiger partial charge >= 0.3 is 0 Å². The first kappa shape index (κ1) is 16.5. The molecule has 4 heterocycles. The Morgan fingerprint density at radius 1 is 1.16 bits per heavy atom. The summed E-state index contributed by atoms with van der Waals surface area (Å²) in [5.74, 6) is 1.54. The number of rotatable bonds is 4. The molecule has 25 heavy (non-hydrogen) atoms. The van der Waals surface area contributed by atoms with Gasteiger partial charge in [0.25, 0.3) is 0 Å². The number of carbonyl (C=O) groups excluding carboxylic acids is 1. The normalized spacial score (nSPS) is 22.1. The number of piperidine rings is 1. The minimum Gasteiger partial charge on any atom is -0.468 e. The van der Waals surface area contributed by atoms with E-state index in [-0.39, 0.29) is 12.0 Å². The van der Waals surface area contributed by atoms with Gasteiger partial charge in [-0.25, -0.2) is 0 Å². The zero-order chi connectivity index (χ0) is 17.2. The molecule has 2 aliphatic heterocycles. The summed E-state index contributed by atoms with van der Waals surface area (Å²) >= 11 is 0. The van der Waals surface area contributed by atoms with E-state index in [0.717, 1.165) is 57.7 Å². The molecular weight excluding hydrogens is 314 g/mol. The molecule has 4 rings (SSSR count). The number of amides is 1. The molecule has 0 aliphatic carbocycles. The second kappa shape index (κ2) is 7.08. The second-order valence-corrected chi connectivity index (χ2v) is 7.21. The van der Waals surface area contributed by atoms with E-state index in [0.29, 0.717) is 5.91 Å². The number of hydrogen-bond donors (Lipinski definition) is 0.